The van der Waals surface area contributed by atoms with Crippen molar-refractivity contribution in [1.29, 1.82) is 0 Å². The van der Waals surface area contributed by atoms with Crippen molar-refractivity contribution in [3.63, 3.8) is 0 Å². The normalized spacial score (nSPS) is 10.6. The van der Waals surface area contributed by atoms with Crippen LogP contribution in [0.1, 0.15) is 22.3 Å². The van der Waals surface area contributed by atoms with Gasteiger partial charge in [0, 0.05) is 16.3 Å². The molecule has 0 aromatic heterocycles. The maximum atomic E-state index is 6.10. The number of anilines is 1. The molecule has 0 aliphatic rings. The van der Waals surface area contributed by atoms with E-state index in [4.69, 9.17) is 5.73 Å². The highest BCUT2D eigenvalue weighted by molar-refractivity contribution is 7.98. The Labute approximate surface area is 113 Å². The smallest absolute Gasteiger partial charge is 0.0482 e. The fraction of sp³-hybridized carbons (Fsp3) is 0.250. The first-order valence-electron chi connectivity index (χ1n) is 6.12. The molecule has 0 aliphatic heterocycles. The summed E-state index contributed by atoms with van der Waals surface area (Å²) in [6, 6.07) is 12.7. The van der Waals surface area contributed by atoms with E-state index < -0.39 is 0 Å². The predicted molar refractivity (Wildman–Crippen MR) is 81.1 cm³/mol. The predicted octanol–water partition coefficient (Wildman–Crippen LogP) is 4.49. The highest BCUT2D eigenvalue weighted by Crippen LogP contribution is 2.31. The summed E-state index contributed by atoms with van der Waals surface area (Å²) in [7, 11) is 0. The van der Waals surface area contributed by atoms with Gasteiger partial charge in [0.15, 0.2) is 0 Å². The van der Waals surface area contributed by atoms with Crippen LogP contribution >= 0.6 is 11.8 Å². The number of thioether (sulfide) groups is 1. The first-order chi connectivity index (χ1) is 8.59. The van der Waals surface area contributed by atoms with E-state index in [2.05, 4.69) is 57.2 Å². The van der Waals surface area contributed by atoms with Crippen molar-refractivity contribution < 1.29 is 0 Å². The second-order valence-electron chi connectivity index (χ2n) is 4.65. The molecular formula is C16H19NS. The van der Waals surface area contributed by atoms with Gasteiger partial charge in [0.25, 0.3) is 0 Å². The molecule has 94 valence electrons. The molecule has 2 heteroatoms. The topological polar surface area (TPSA) is 26.0 Å². The van der Waals surface area contributed by atoms with Gasteiger partial charge >= 0.3 is 0 Å². The first-order valence-corrected chi connectivity index (χ1v) is 7.11. The third kappa shape index (κ3) is 2.70. The molecule has 0 radical (unpaired) electrons. The Morgan fingerprint density at radius 1 is 0.889 bits per heavy atom. The molecule has 0 heterocycles. The number of hydrogen-bond donors (Lipinski definition) is 1. The van der Waals surface area contributed by atoms with Crippen LogP contribution in [0.4, 0.5) is 5.69 Å². The van der Waals surface area contributed by atoms with Crippen LogP contribution in [0.15, 0.2) is 41.3 Å². The molecular weight excluding hydrogens is 238 g/mol. The molecule has 0 amide bonds. The molecule has 0 aliphatic carbocycles. The Kier molecular flexibility index (Phi) is 3.97. The van der Waals surface area contributed by atoms with E-state index in [9.17, 15) is 0 Å². The summed E-state index contributed by atoms with van der Waals surface area (Å²) in [5, 5.41) is 0. The number of para-hydroxylation sites is 1. The molecule has 0 bridgehead atoms. The first kappa shape index (κ1) is 13.0. The Morgan fingerprint density at radius 3 is 2.11 bits per heavy atom. The van der Waals surface area contributed by atoms with Crippen LogP contribution in [0.3, 0.4) is 0 Å². The number of nitrogen functional groups attached to an aromatic ring is 1. The Balaban J connectivity index is 2.19. The van der Waals surface area contributed by atoms with Crippen LogP contribution in [-0.2, 0) is 5.75 Å². The Bertz CT molecular complexity index is 541. The van der Waals surface area contributed by atoms with Crippen molar-refractivity contribution in [3.8, 4) is 0 Å². The van der Waals surface area contributed by atoms with Crippen molar-refractivity contribution in [2.24, 2.45) is 0 Å². The van der Waals surface area contributed by atoms with E-state index in [1.165, 1.54) is 21.6 Å². The van der Waals surface area contributed by atoms with Gasteiger partial charge in [-0.1, -0.05) is 30.3 Å². The van der Waals surface area contributed by atoms with E-state index in [1.807, 2.05) is 11.8 Å². The molecule has 0 saturated carbocycles. The van der Waals surface area contributed by atoms with Gasteiger partial charge in [-0.2, -0.15) is 0 Å². The molecule has 0 saturated heterocycles. The van der Waals surface area contributed by atoms with Crippen LogP contribution in [0.25, 0.3) is 0 Å². The standard InChI is InChI=1S/C16H19NS/c1-11-6-4-7-12(2)14(11)10-18-15-9-5-8-13(3)16(15)17/h4-9H,10,17H2,1-3H3. The minimum absolute atomic E-state index is 0.911. The number of benzene rings is 2. The molecule has 0 unspecified atom stereocenters. The van der Waals surface area contributed by atoms with Crippen molar-refractivity contribution in [3.05, 3.63) is 58.7 Å². The zero-order valence-electron chi connectivity index (χ0n) is 11.2. The lowest BCUT2D eigenvalue weighted by Gasteiger charge is -2.11. The molecule has 0 atom stereocenters. The maximum Gasteiger partial charge on any atom is 0.0482 e. The van der Waals surface area contributed by atoms with Gasteiger partial charge in [0.2, 0.25) is 0 Å². The fourth-order valence-electron chi connectivity index (χ4n) is 2.01. The van der Waals surface area contributed by atoms with E-state index in [-0.39, 0.29) is 0 Å². The maximum absolute atomic E-state index is 6.10. The minimum Gasteiger partial charge on any atom is -0.398 e. The molecule has 2 rings (SSSR count). The lowest BCUT2D eigenvalue weighted by atomic mass is 10.1. The van der Waals surface area contributed by atoms with Crippen LogP contribution in [0.5, 0.6) is 0 Å². The summed E-state index contributed by atoms with van der Waals surface area (Å²) in [6.45, 7) is 6.39. The van der Waals surface area contributed by atoms with Gasteiger partial charge in [0.05, 0.1) is 0 Å². The highest BCUT2D eigenvalue weighted by Gasteiger charge is 2.06. The van der Waals surface area contributed by atoms with Crippen LogP contribution in [-0.4, -0.2) is 0 Å². The summed E-state index contributed by atoms with van der Waals surface area (Å²) in [5.41, 5.74) is 12.3. The summed E-state index contributed by atoms with van der Waals surface area (Å²) in [6.07, 6.45) is 0. The third-order valence-electron chi connectivity index (χ3n) is 3.30. The van der Waals surface area contributed by atoms with E-state index in [1.54, 1.807) is 0 Å². The molecule has 1 nitrogen and oxygen atoms in total. The average Bonchev–Trinajstić information content (AvgIpc) is 2.33. The SMILES string of the molecule is Cc1cccc(SCc2c(C)cccc2C)c1N. The summed E-state index contributed by atoms with van der Waals surface area (Å²) in [4.78, 5) is 1.18. The Hall–Kier alpha value is -1.41. The van der Waals surface area contributed by atoms with Crippen LogP contribution in [0, 0.1) is 20.8 Å². The van der Waals surface area contributed by atoms with Gasteiger partial charge in [-0.25, -0.2) is 0 Å². The largest absolute Gasteiger partial charge is 0.398 e. The average molecular weight is 257 g/mol. The Morgan fingerprint density at radius 2 is 1.44 bits per heavy atom. The van der Waals surface area contributed by atoms with Gasteiger partial charge in [-0.05, 0) is 49.1 Å². The van der Waals surface area contributed by atoms with Gasteiger partial charge in [0.1, 0.15) is 0 Å². The molecule has 18 heavy (non-hydrogen) atoms. The van der Waals surface area contributed by atoms with Crippen molar-refractivity contribution in [2.75, 3.05) is 5.73 Å². The summed E-state index contributed by atoms with van der Waals surface area (Å²) in [5.74, 6) is 0.978. The molecule has 2 N–H and O–H groups in total. The van der Waals surface area contributed by atoms with E-state index in [0.717, 1.165) is 17.0 Å². The van der Waals surface area contributed by atoms with E-state index >= 15 is 0 Å². The molecule has 0 fully saturated rings. The van der Waals surface area contributed by atoms with Crippen molar-refractivity contribution in [1.82, 2.24) is 0 Å². The van der Waals surface area contributed by atoms with Crippen LogP contribution < -0.4 is 5.73 Å². The molecule has 0 spiro atoms. The fourth-order valence-corrected chi connectivity index (χ4v) is 3.25. The van der Waals surface area contributed by atoms with Gasteiger partial charge in [-0.3, -0.25) is 0 Å². The van der Waals surface area contributed by atoms with Crippen molar-refractivity contribution in [2.45, 2.75) is 31.4 Å². The van der Waals surface area contributed by atoms with Gasteiger partial charge in [-0.15, -0.1) is 11.8 Å². The summed E-state index contributed by atoms with van der Waals surface area (Å²) < 4.78 is 0. The van der Waals surface area contributed by atoms with Gasteiger partial charge < -0.3 is 5.73 Å². The number of rotatable bonds is 3. The lowest BCUT2D eigenvalue weighted by molar-refractivity contribution is 1.23. The summed E-state index contributed by atoms with van der Waals surface area (Å²) >= 11 is 1.82. The number of nitrogens with two attached hydrogens (primary N) is 1. The number of hydrogen-bond acceptors (Lipinski definition) is 2. The monoisotopic (exact) mass is 257 g/mol. The van der Waals surface area contributed by atoms with Crippen molar-refractivity contribution >= 4 is 17.4 Å². The highest BCUT2D eigenvalue weighted by atomic mass is 32.2. The lowest BCUT2D eigenvalue weighted by Crippen LogP contribution is -1.94. The quantitative estimate of drug-likeness (QED) is 0.648. The van der Waals surface area contributed by atoms with E-state index in [0.29, 0.717) is 0 Å². The third-order valence-corrected chi connectivity index (χ3v) is 4.40. The zero-order chi connectivity index (χ0) is 13.1. The number of aryl methyl sites for hydroxylation is 3. The second kappa shape index (κ2) is 5.49. The molecule has 2 aromatic carbocycles. The second-order valence-corrected chi connectivity index (χ2v) is 5.66. The zero-order valence-corrected chi connectivity index (χ0v) is 12.0. The molecule has 2 aromatic rings. The minimum atomic E-state index is 0.911. The van der Waals surface area contributed by atoms with Crippen LogP contribution in [0.2, 0.25) is 0 Å².